The molecule has 2 N–H and O–H groups in total. The molecule has 0 aromatic rings. The fourth-order valence-corrected chi connectivity index (χ4v) is 1.47. The maximum absolute atomic E-state index is 5.66. The Bertz CT molecular complexity index is 141. The minimum Gasteiger partial charge on any atom is -0.376 e. The van der Waals surface area contributed by atoms with Crippen molar-refractivity contribution in [3.8, 4) is 0 Å². The zero-order valence-electron chi connectivity index (χ0n) is 8.66. The summed E-state index contributed by atoms with van der Waals surface area (Å²) in [6.45, 7) is 5.59. The van der Waals surface area contributed by atoms with Crippen LogP contribution in [0.5, 0.6) is 0 Å². The van der Waals surface area contributed by atoms with Crippen LogP contribution in [-0.4, -0.2) is 31.5 Å². The first-order valence-corrected chi connectivity index (χ1v) is 5.23. The van der Waals surface area contributed by atoms with Crippen LogP contribution >= 0.6 is 0 Å². The third-order valence-electron chi connectivity index (χ3n) is 2.60. The van der Waals surface area contributed by atoms with Crippen molar-refractivity contribution in [1.82, 2.24) is 0 Å². The molecule has 0 aromatic heterocycles. The molecule has 13 heavy (non-hydrogen) atoms. The second kappa shape index (κ2) is 5.58. The molecule has 0 spiro atoms. The van der Waals surface area contributed by atoms with Gasteiger partial charge in [-0.25, -0.2) is 0 Å². The molecule has 0 aromatic carbocycles. The van der Waals surface area contributed by atoms with Crippen molar-refractivity contribution in [1.29, 1.82) is 0 Å². The second-order valence-electron chi connectivity index (χ2n) is 3.75. The third kappa shape index (κ3) is 3.63. The Kier molecular flexibility index (Phi) is 4.70. The van der Waals surface area contributed by atoms with E-state index >= 15 is 0 Å². The van der Waals surface area contributed by atoms with Gasteiger partial charge >= 0.3 is 0 Å². The van der Waals surface area contributed by atoms with E-state index in [4.69, 9.17) is 15.2 Å². The van der Waals surface area contributed by atoms with Gasteiger partial charge in [-0.2, -0.15) is 0 Å². The van der Waals surface area contributed by atoms with Gasteiger partial charge in [0, 0.05) is 6.54 Å². The fourth-order valence-electron chi connectivity index (χ4n) is 1.47. The quantitative estimate of drug-likeness (QED) is 0.705. The Morgan fingerprint density at radius 3 is 2.69 bits per heavy atom. The summed E-state index contributed by atoms with van der Waals surface area (Å²) in [4.78, 5) is 0. The van der Waals surface area contributed by atoms with Crippen LogP contribution in [0.4, 0.5) is 0 Å². The average molecular weight is 187 g/mol. The highest BCUT2D eigenvalue weighted by atomic mass is 16.5. The van der Waals surface area contributed by atoms with E-state index in [1.807, 2.05) is 0 Å². The lowest BCUT2D eigenvalue weighted by Gasteiger charge is -2.15. The van der Waals surface area contributed by atoms with E-state index in [1.54, 1.807) is 0 Å². The van der Waals surface area contributed by atoms with E-state index in [9.17, 15) is 0 Å². The molecule has 1 heterocycles. The van der Waals surface area contributed by atoms with E-state index in [1.165, 1.54) is 0 Å². The number of ether oxygens (including phenoxy) is 2. The monoisotopic (exact) mass is 187 g/mol. The maximum Gasteiger partial charge on any atom is 0.0814 e. The molecular weight excluding hydrogens is 166 g/mol. The molecule has 0 radical (unpaired) electrons. The zero-order valence-corrected chi connectivity index (χ0v) is 8.66. The minimum absolute atomic E-state index is 0.269. The summed E-state index contributed by atoms with van der Waals surface area (Å²) in [7, 11) is 0. The lowest BCUT2D eigenvalue weighted by atomic mass is 10.2. The van der Waals surface area contributed by atoms with Crippen molar-refractivity contribution < 1.29 is 9.47 Å². The summed E-state index contributed by atoms with van der Waals surface area (Å²) >= 11 is 0. The van der Waals surface area contributed by atoms with Crippen LogP contribution in [0.25, 0.3) is 0 Å². The Morgan fingerprint density at radius 2 is 2.15 bits per heavy atom. The van der Waals surface area contributed by atoms with Gasteiger partial charge in [-0.05, 0) is 26.2 Å². The standard InChI is InChI=1S/C10H21NO2/c1-3-8(2)12-7-10-5-4-9(6-11)13-10/h8-10H,3-7,11H2,1-2H3. The summed E-state index contributed by atoms with van der Waals surface area (Å²) < 4.78 is 11.3. The average Bonchev–Trinajstić information content (AvgIpc) is 2.61. The molecule has 3 atom stereocenters. The van der Waals surface area contributed by atoms with Crippen LogP contribution < -0.4 is 5.73 Å². The van der Waals surface area contributed by atoms with Gasteiger partial charge in [0.2, 0.25) is 0 Å². The van der Waals surface area contributed by atoms with Crippen LogP contribution in [0.1, 0.15) is 33.1 Å². The van der Waals surface area contributed by atoms with Gasteiger partial charge < -0.3 is 15.2 Å². The van der Waals surface area contributed by atoms with Crippen LogP contribution in [0.3, 0.4) is 0 Å². The van der Waals surface area contributed by atoms with Gasteiger partial charge in [-0.15, -0.1) is 0 Å². The molecule has 1 aliphatic heterocycles. The second-order valence-corrected chi connectivity index (χ2v) is 3.75. The van der Waals surface area contributed by atoms with E-state index in [2.05, 4.69) is 13.8 Å². The molecular formula is C10H21NO2. The lowest BCUT2D eigenvalue weighted by Crippen LogP contribution is -2.24. The highest BCUT2D eigenvalue weighted by molar-refractivity contribution is 4.73. The first kappa shape index (κ1) is 11.0. The maximum atomic E-state index is 5.66. The molecule has 3 unspecified atom stereocenters. The van der Waals surface area contributed by atoms with Gasteiger partial charge in [-0.3, -0.25) is 0 Å². The Balaban J connectivity index is 2.10. The number of hydrogen-bond donors (Lipinski definition) is 1. The Morgan fingerprint density at radius 1 is 1.46 bits per heavy atom. The largest absolute Gasteiger partial charge is 0.376 e. The van der Waals surface area contributed by atoms with Crippen molar-refractivity contribution in [2.45, 2.75) is 51.4 Å². The highest BCUT2D eigenvalue weighted by Gasteiger charge is 2.24. The SMILES string of the molecule is CCC(C)OCC1CCC(CN)O1. The molecule has 0 aliphatic carbocycles. The predicted molar refractivity (Wildman–Crippen MR) is 52.7 cm³/mol. The molecule has 1 aliphatic rings. The van der Waals surface area contributed by atoms with Gasteiger partial charge in [0.05, 0.1) is 24.9 Å². The summed E-state index contributed by atoms with van der Waals surface area (Å²) in [6, 6.07) is 0. The lowest BCUT2D eigenvalue weighted by molar-refractivity contribution is -0.0352. The normalized spacial score (nSPS) is 30.7. The fraction of sp³-hybridized carbons (Fsp3) is 1.00. The molecule has 1 fully saturated rings. The number of nitrogens with two attached hydrogens (primary N) is 1. The van der Waals surface area contributed by atoms with Gasteiger partial charge in [0.15, 0.2) is 0 Å². The van der Waals surface area contributed by atoms with Crippen molar-refractivity contribution in [3.63, 3.8) is 0 Å². The smallest absolute Gasteiger partial charge is 0.0814 e. The summed E-state index contributed by atoms with van der Waals surface area (Å²) in [5.41, 5.74) is 5.51. The summed E-state index contributed by atoms with van der Waals surface area (Å²) in [6.07, 6.45) is 4.14. The number of hydrogen-bond acceptors (Lipinski definition) is 3. The van der Waals surface area contributed by atoms with Gasteiger partial charge in [0.1, 0.15) is 0 Å². The summed E-state index contributed by atoms with van der Waals surface area (Å²) in [5, 5.41) is 0. The van der Waals surface area contributed by atoms with Crippen LogP contribution in [0.15, 0.2) is 0 Å². The Labute approximate surface area is 80.6 Å². The van der Waals surface area contributed by atoms with Gasteiger partial charge in [0.25, 0.3) is 0 Å². The van der Waals surface area contributed by atoms with Crippen molar-refractivity contribution in [3.05, 3.63) is 0 Å². The molecule has 0 saturated carbocycles. The van der Waals surface area contributed by atoms with Crippen LogP contribution in [0, 0.1) is 0 Å². The molecule has 0 bridgehead atoms. The van der Waals surface area contributed by atoms with Crippen molar-refractivity contribution in [2.75, 3.05) is 13.2 Å². The van der Waals surface area contributed by atoms with E-state index < -0.39 is 0 Å². The van der Waals surface area contributed by atoms with Crippen molar-refractivity contribution >= 4 is 0 Å². The predicted octanol–water partition coefficient (Wildman–Crippen LogP) is 1.31. The molecule has 1 rings (SSSR count). The van der Waals surface area contributed by atoms with E-state index in [0.717, 1.165) is 25.9 Å². The first-order chi connectivity index (χ1) is 6.26. The Hall–Kier alpha value is -0.120. The van der Waals surface area contributed by atoms with Gasteiger partial charge in [-0.1, -0.05) is 6.92 Å². The van der Waals surface area contributed by atoms with Crippen molar-refractivity contribution in [2.24, 2.45) is 5.73 Å². The van der Waals surface area contributed by atoms with Crippen LogP contribution in [0.2, 0.25) is 0 Å². The molecule has 1 saturated heterocycles. The minimum atomic E-state index is 0.269. The summed E-state index contributed by atoms with van der Waals surface area (Å²) in [5.74, 6) is 0. The highest BCUT2D eigenvalue weighted by Crippen LogP contribution is 2.19. The molecule has 3 heteroatoms. The zero-order chi connectivity index (χ0) is 9.68. The first-order valence-electron chi connectivity index (χ1n) is 5.23. The van der Waals surface area contributed by atoms with E-state index in [-0.39, 0.29) is 12.2 Å². The third-order valence-corrected chi connectivity index (χ3v) is 2.60. The molecule has 0 amide bonds. The topological polar surface area (TPSA) is 44.5 Å². The molecule has 78 valence electrons. The molecule has 3 nitrogen and oxygen atoms in total. The van der Waals surface area contributed by atoms with Crippen LogP contribution in [-0.2, 0) is 9.47 Å². The van der Waals surface area contributed by atoms with E-state index in [0.29, 0.717) is 12.6 Å². The number of rotatable bonds is 5.